The molecule has 16 aliphatic rings. The van der Waals surface area contributed by atoms with Crippen LogP contribution in [0.1, 0.15) is 454 Å². The summed E-state index contributed by atoms with van der Waals surface area (Å²) in [6, 6.07) is 9.52. The smallest absolute Gasteiger partial charge is 0.0681 e. The number of hydrogen-bond acceptors (Lipinski definition) is 5. The van der Waals surface area contributed by atoms with E-state index in [4.69, 9.17) is 5.11 Å². The molecule has 17 rings (SSSR count). The van der Waals surface area contributed by atoms with Gasteiger partial charge in [-0.2, -0.15) is 0 Å². The van der Waals surface area contributed by atoms with Gasteiger partial charge in [-0.1, -0.05) is 294 Å². The lowest BCUT2D eigenvalue weighted by Crippen LogP contribution is -2.50. The van der Waals surface area contributed by atoms with E-state index in [1.165, 1.54) is 231 Å². The molecule has 0 spiro atoms. The summed E-state index contributed by atoms with van der Waals surface area (Å²) in [5, 5.41) is 49.5. The third-order valence-corrected chi connectivity index (χ3v) is 46.2. The van der Waals surface area contributed by atoms with Gasteiger partial charge in [-0.05, 0) is 446 Å². The molecule has 6 nitrogen and oxygen atoms in total. The molecule has 0 radical (unpaired) electrons. The minimum absolute atomic E-state index is 0. The Bertz CT molecular complexity index is 3330. The van der Waals surface area contributed by atoms with Gasteiger partial charge in [0.05, 0.1) is 31.0 Å². The Morgan fingerprint density at radius 2 is 0.496 bits per heavy atom. The minimum Gasteiger partial charge on any atom is -0.412 e. The van der Waals surface area contributed by atoms with Crippen molar-refractivity contribution < 1.29 is 31.0 Å². The highest BCUT2D eigenvalue weighted by molar-refractivity contribution is 5.30. The molecule has 0 aromatic heterocycles. The van der Waals surface area contributed by atoms with E-state index in [1.54, 1.807) is 22.3 Å². The van der Waals surface area contributed by atoms with E-state index in [9.17, 15) is 20.4 Å². The van der Waals surface area contributed by atoms with Crippen LogP contribution in [0, 0.1) is 209 Å². The quantitative estimate of drug-likeness (QED) is 0.0622. The van der Waals surface area contributed by atoms with Crippen LogP contribution >= 0.6 is 0 Å². The van der Waals surface area contributed by atoms with Crippen LogP contribution in [-0.4, -0.2) is 55.4 Å². The number of benzene rings is 1. The summed E-state index contributed by atoms with van der Waals surface area (Å²) < 4.78 is 0. The van der Waals surface area contributed by atoms with Crippen molar-refractivity contribution in [2.45, 2.75) is 480 Å². The zero-order valence-electron chi connectivity index (χ0n) is 88.7. The van der Waals surface area contributed by atoms with E-state index >= 15 is 0 Å². The van der Waals surface area contributed by atoms with Gasteiger partial charge >= 0.3 is 0 Å². The molecule has 16 aliphatic carbocycles. The van der Waals surface area contributed by atoms with Gasteiger partial charge in [0.1, 0.15) is 0 Å². The Morgan fingerprint density at radius 3 is 0.682 bits per heavy atom. The Labute approximate surface area is 797 Å². The average molecular weight is 1790 g/mol. The van der Waals surface area contributed by atoms with Crippen LogP contribution in [0.2, 0.25) is 0 Å². The van der Waals surface area contributed by atoms with Crippen LogP contribution in [0.15, 0.2) is 76.9 Å². The van der Waals surface area contributed by atoms with Crippen LogP contribution in [-0.2, 0) is 6.61 Å². The third-order valence-electron chi connectivity index (χ3n) is 46.2. The average Bonchev–Trinajstić information content (AvgIpc) is 1.67. The maximum Gasteiger partial charge on any atom is 0.0681 e. The Morgan fingerprint density at radius 1 is 0.279 bits per heavy atom. The molecule has 6 heteroatoms. The Hall–Kier alpha value is -2.06. The summed E-state index contributed by atoms with van der Waals surface area (Å²) >= 11 is 0. The molecular weight excluding hydrogens is 1570 g/mol. The second-order valence-electron chi connectivity index (χ2n) is 53.0. The van der Waals surface area contributed by atoms with Crippen molar-refractivity contribution in [3.63, 3.8) is 0 Å². The SMILES string of the molecule is CC[C@H](CC[C@@H](C)[C@H]1CC[C@H]2[C@@H]3CC=C4C[C@@H](O)CC[C@]4(C)[C@H]3CC[C@]12C)C(C)C.CC[C@H](CC[C@@H](C)[C@H]1CC[C@H]2[C@@H]3CC=C4C[C@@H](O)CC[C@]4(C)[C@H]3CC[C@]12C)C(C)C.CC[C@H](CC[C@@H](C)[C@H]1CC[C@H]2[C@@H]3CC=C4C[C@@H](O)CC[C@]4(C)[C@H]3CC[C@]12C)C(C)C.CC[C@H](CC[C@@H](C)[C@H]1CC[C@H]2[C@@H]3CC=C4C[C@@H](O)CC[C@]4(C)[C@H]3CC[C@]12C)C(C)C.O.OCc1ccccc1. The number of allylic oxidation sites excluding steroid dienone is 4. The summed E-state index contributed by atoms with van der Waals surface area (Å²) in [5.41, 5.74) is 11.3. The van der Waals surface area contributed by atoms with E-state index in [2.05, 4.69) is 190 Å². The first-order valence-electron chi connectivity index (χ1n) is 56.9. The summed E-state index contributed by atoms with van der Waals surface area (Å²) in [6.07, 6.45) is 68.4. The summed E-state index contributed by atoms with van der Waals surface area (Å²) in [5.74, 6) is 25.2. The van der Waals surface area contributed by atoms with Gasteiger partial charge in [0.15, 0.2) is 0 Å². The molecule has 0 heterocycles. The van der Waals surface area contributed by atoms with Crippen molar-refractivity contribution in [2.24, 2.45) is 209 Å². The minimum atomic E-state index is -0.0794. The van der Waals surface area contributed by atoms with E-state index in [0.717, 1.165) is 223 Å². The zero-order chi connectivity index (χ0) is 92.5. The molecule has 36 atom stereocenters. The largest absolute Gasteiger partial charge is 0.412 e. The van der Waals surface area contributed by atoms with Crippen LogP contribution in [0.25, 0.3) is 0 Å². The Balaban J connectivity index is 0.000000151. The molecule has 0 unspecified atom stereocenters. The molecule has 129 heavy (non-hydrogen) atoms. The van der Waals surface area contributed by atoms with Crippen molar-refractivity contribution in [2.75, 3.05) is 0 Å². The topological polar surface area (TPSA) is 133 Å². The van der Waals surface area contributed by atoms with Gasteiger partial charge in [0.25, 0.3) is 0 Å². The highest BCUT2D eigenvalue weighted by Crippen LogP contribution is 2.73. The second-order valence-corrected chi connectivity index (χ2v) is 53.0. The number of hydrogen-bond donors (Lipinski definition) is 5. The van der Waals surface area contributed by atoms with Crippen LogP contribution in [0.4, 0.5) is 0 Å². The molecular formula is C123H210O6. The van der Waals surface area contributed by atoms with Crippen molar-refractivity contribution in [3.8, 4) is 0 Å². The molecule has 7 N–H and O–H groups in total. The fourth-order valence-electron chi connectivity index (χ4n) is 37.8. The fourth-order valence-corrected chi connectivity index (χ4v) is 37.8. The van der Waals surface area contributed by atoms with Crippen molar-refractivity contribution in [3.05, 3.63) is 82.5 Å². The number of fused-ring (bicyclic) bond motifs is 20. The van der Waals surface area contributed by atoms with Gasteiger partial charge in [-0.15, -0.1) is 0 Å². The normalized spacial score (nSPS) is 42.7. The van der Waals surface area contributed by atoms with Crippen LogP contribution in [0.3, 0.4) is 0 Å². The number of aliphatic hydroxyl groups is 5. The van der Waals surface area contributed by atoms with Gasteiger partial charge in [-0.25, -0.2) is 0 Å². The molecule has 12 saturated carbocycles. The lowest BCUT2D eigenvalue weighted by Gasteiger charge is -2.58. The third kappa shape index (κ3) is 21.5. The predicted molar refractivity (Wildman–Crippen MR) is 549 cm³/mol. The maximum atomic E-state index is 10.2. The highest BCUT2D eigenvalue weighted by atomic mass is 16.3. The van der Waals surface area contributed by atoms with Crippen LogP contribution in [0.5, 0.6) is 0 Å². The van der Waals surface area contributed by atoms with Crippen molar-refractivity contribution in [1.29, 1.82) is 0 Å². The highest BCUT2D eigenvalue weighted by Gasteiger charge is 2.65. The zero-order valence-corrected chi connectivity index (χ0v) is 88.7. The molecule has 0 amide bonds. The first-order valence-corrected chi connectivity index (χ1v) is 56.9. The molecule has 0 saturated heterocycles. The summed E-state index contributed by atoms with van der Waals surface area (Å²) in [6.45, 7) is 60.5. The fraction of sp³-hybridized carbons (Fsp3) is 0.886. The van der Waals surface area contributed by atoms with Gasteiger partial charge in [0, 0.05) is 0 Å². The standard InChI is InChI=1S/4C29H50O.C7H8O.H2O/c4*1-7-21(19(2)3)9-8-20(4)25-12-13-26-24-11-10-22-18-23(30)14-16-28(22,5)27(24)15-17-29(25,26)6;8-6-7-4-2-1-3-5-7;/h4*10,19-21,23-27,30H,7-9,11-18H2,1-6H3;1-5,8H,6H2;1H2/t4*20-,21-,23+,24+,25-,26+,27+,28+,29-;;/m1111../s1. The molecule has 0 bridgehead atoms. The molecule has 0 aliphatic heterocycles. The Kier molecular flexibility index (Phi) is 36.2. The van der Waals surface area contributed by atoms with E-state index in [0.29, 0.717) is 43.3 Å². The second kappa shape index (κ2) is 44.2. The first-order chi connectivity index (χ1) is 60.7. The molecule has 1 aromatic carbocycles. The lowest BCUT2D eigenvalue weighted by atomic mass is 9.47. The van der Waals surface area contributed by atoms with E-state index in [1.807, 2.05) is 30.3 Å². The number of aliphatic hydroxyl groups excluding tert-OH is 5. The maximum absolute atomic E-state index is 10.2. The van der Waals surface area contributed by atoms with Crippen molar-refractivity contribution in [1.82, 2.24) is 0 Å². The molecule has 12 fully saturated rings. The number of rotatable bonds is 25. The van der Waals surface area contributed by atoms with Gasteiger partial charge in [-0.3, -0.25) is 0 Å². The van der Waals surface area contributed by atoms with E-state index < -0.39 is 0 Å². The predicted octanol–water partition coefficient (Wildman–Crippen LogP) is 32.5. The van der Waals surface area contributed by atoms with Gasteiger partial charge < -0.3 is 31.0 Å². The van der Waals surface area contributed by atoms with E-state index in [-0.39, 0.29) is 36.5 Å². The molecule has 738 valence electrons. The monoisotopic (exact) mass is 1780 g/mol. The van der Waals surface area contributed by atoms with Gasteiger partial charge in [0.2, 0.25) is 0 Å². The van der Waals surface area contributed by atoms with Crippen molar-refractivity contribution >= 4 is 0 Å². The lowest BCUT2D eigenvalue weighted by molar-refractivity contribution is -0.0575. The first kappa shape index (κ1) is 106. The molecule has 1 aromatic rings. The van der Waals surface area contributed by atoms with Crippen LogP contribution < -0.4 is 0 Å². The summed E-state index contributed by atoms with van der Waals surface area (Å²) in [4.78, 5) is 0. The summed E-state index contributed by atoms with van der Waals surface area (Å²) in [7, 11) is 0.